The van der Waals surface area contributed by atoms with Crippen LogP contribution in [-0.4, -0.2) is 17.4 Å². The van der Waals surface area contributed by atoms with E-state index in [0.717, 1.165) is 17.9 Å². The van der Waals surface area contributed by atoms with E-state index in [1.54, 1.807) is 24.3 Å². The molecule has 0 aliphatic heterocycles. The zero-order valence-corrected chi connectivity index (χ0v) is 11.8. The van der Waals surface area contributed by atoms with Crippen LogP contribution >= 0.6 is 0 Å². The Labute approximate surface area is 123 Å². The number of aromatic nitrogens is 1. The van der Waals surface area contributed by atoms with Gasteiger partial charge in [0.25, 0.3) is 5.91 Å². The number of nitriles is 1. The van der Waals surface area contributed by atoms with Crippen LogP contribution in [0.3, 0.4) is 0 Å². The number of rotatable bonds is 5. The summed E-state index contributed by atoms with van der Waals surface area (Å²) in [5, 5.41) is 14.5. The highest BCUT2D eigenvalue weighted by Crippen LogP contribution is 2.12. The summed E-state index contributed by atoms with van der Waals surface area (Å²) in [7, 11) is 0. The zero-order valence-electron chi connectivity index (χ0n) is 11.8. The zero-order chi connectivity index (χ0) is 15.1. The van der Waals surface area contributed by atoms with Crippen LogP contribution in [0.4, 0.5) is 11.5 Å². The molecule has 1 aromatic carbocycles. The van der Waals surface area contributed by atoms with Gasteiger partial charge >= 0.3 is 0 Å². The van der Waals surface area contributed by atoms with Gasteiger partial charge in [0.1, 0.15) is 5.82 Å². The molecule has 2 N–H and O–H groups in total. The molecule has 0 radical (unpaired) electrons. The normalized spacial score (nSPS) is 9.71. The molecule has 1 aromatic heterocycles. The molecule has 0 saturated carbocycles. The average Bonchev–Trinajstić information content (AvgIpc) is 2.50. The van der Waals surface area contributed by atoms with Gasteiger partial charge in [-0.25, -0.2) is 4.98 Å². The Balaban J connectivity index is 2.02. The predicted molar refractivity (Wildman–Crippen MR) is 82.1 cm³/mol. The lowest BCUT2D eigenvalue weighted by atomic mass is 10.1. The highest BCUT2D eigenvalue weighted by molar-refractivity contribution is 6.04. The largest absolute Gasteiger partial charge is 0.370 e. The average molecular weight is 280 g/mol. The number of nitrogens with one attached hydrogen (secondary N) is 2. The van der Waals surface area contributed by atoms with E-state index >= 15 is 0 Å². The molecule has 1 heterocycles. The lowest BCUT2D eigenvalue weighted by Crippen LogP contribution is -2.12. The summed E-state index contributed by atoms with van der Waals surface area (Å²) in [4.78, 5) is 16.2. The van der Waals surface area contributed by atoms with Crippen LogP contribution in [0.5, 0.6) is 0 Å². The van der Waals surface area contributed by atoms with Crippen LogP contribution < -0.4 is 10.6 Å². The second-order valence-electron chi connectivity index (χ2n) is 4.45. The van der Waals surface area contributed by atoms with Crippen molar-refractivity contribution >= 4 is 17.4 Å². The number of nitrogens with zero attached hydrogens (tertiary/aromatic N) is 2. The van der Waals surface area contributed by atoms with Crippen molar-refractivity contribution in [2.75, 3.05) is 17.2 Å². The van der Waals surface area contributed by atoms with Crippen molar-refractivity contribution in [3.8, 4) is 6.07 Å². The maximum absolute atomic E-state index is 12.1. The van der Waals surface area contributed by atoms with Crippen molar-refractivity contribution in [2.45, 2.75) is 13.3 Å². The van der Waals surface area contributed by atoms with E-state index in [4.69, 9.17) is 5.26 Å². The fourth-order valence-corrected chi connectivity index (χ4v) is 1.81. The summed E-state index contributed by atoms with van der Waals surface area (Å²) < 4.78 is 0. The molecule has 5 heteroatoms. The number of anilines is 2. The van der Waals surface area contributed by atoms with E-state index in [1.807, 2.05) is 19.1 Å². The Bertz CT molecular complexity index is 641. The van der Waals surface area contributed by atoms with Gasteiger partial charge in [0.15, 0.2) is 0 Å². The van der Waals surface area contributed by atoms with E-state index in [1.165, 1.54) is 6.20 Å². The van der Waals surface area contributed by atoms with Crippen LogP contribution in [-0.2, 0) is 6.42 Å². The molecular formula is C16H16N4O. The van der Waals surface area contributed by atoms with Gasteiger partial charge in [-0.1, -0.05) is 12.1 Å². The fraction of sp³-hybridized carbons (Fsp3) is 0.188. The van der Waals surface area contributed by atoms with Crippen molar-refractivity contribution < 1.29 is 4.79 Å². The van der Waals surface area contributed by atoms with Crippen molar-refractivity contribution in [1.82, 2.24) is 4.98 Å². The van der Waals surface area contributed by atoms with E-state index in [9.17, 15) is 4.79 Å². The highest BCUT2D eigenvalue weighted by atomic mass is 16.1. The van der Waals surface area contributed by atoms with Crippen LogP contribution in [0.25, 0.3) is 0 Å². The van der Waals surface area contributed by atoms with E-state index in [2.05, 4.69) is 21.7 Å². The first-order valence-electron chi connectivity index (χ1n) is 6.70. The van der Waals surface area contributed by atoms with Crippen LogP contribution in [0.2, 0.25) is 0 Å². The molecule has 0 atom stereocenters. The molecule has 2 aromatic rings. The summed E-state index contributed by atoms with van der Waals surface area (Å²) in [6, 6.07) is 12.8. The summed E-state index contributed by atoms with van der Waals surface area (Å²) in [5.41, 5.74) is 2.11. The topological polar surface area (TPSA) is 77.8 Å². The van der Waals surface area contributed by atoms with Gasteiger partial charge in [0.05, 0.1) is 18.1 Å². The van der Waals surface area contributed by atoms with Crippen LogP contribution in [0, 0.1) is 11.3 Å². The Kier molecular flexibility index (Phi) is 4.89. The molecule has 0 aliphatic rings. The Morgan fingerprint density at radius 2 is 2.00 bits per heavy atom. The summed E-state index contributed by atoms with van der Waals surface area (Å²) >= 11 is 0. The second-order valence-corrected chi connectivity index (χ2v) is 4.45. The first-order valence-corrected chi connectivity index (χ1v) is 6.70. The third-order valence-electron chi connectivity index (χ3n) is 2.88. The van der Waals surface area contributed by atoms with Gasteiger partial charge < -0.3 is 10.6 Å². The molecule has 0 fully saturated rings. The third-order valence-corrected chi connectivity index (χ3v) is 2.88. The molecule has 0 aliphatic carbocycles. The molecule has 106 valence electrons. The smallest absolute Gasteiger partial charge is 0.257 e. The number of hydrogen-bond acceptors (Lipinski definition) is 4. The van der Waals surface area contributed by atoms with Gasteiger partial charge in [0, 0.05) is 18.4 Å². The van der Waals surface area contributed by atoms with E-state index in [0.29, 0.717) is 17.7 Å². The second kappa shape index (κ2) is 7.06. The molecule has 2 rings (SSSR count). The number of carbonyl (C=O) groups is 1. The maximum Gasteiger partial charge on any atom is 0.257 e. The minimum absolute atomic E-state index is 0.210. The highest BCUT2D eigenvalue weighted by Gasteiger charge is 2.06. The molecule has 0 spiro atoms. The Morgan fingerprint density at radius 3 is 2.57 bits per heavy atom. The van der Waals surface area contributed by atoms with Gasteiger partial charge in [-0.15, -0.1) is 0 Å². The number of carbonyl (C=O) groups excluding carboxylic acids is 1. The standard InChI is InChI=1S/C16H16N4O/c1-2-18-15-8-5-13(11-19-15)16(21)20-14-6-3-12(4-7-14)9-10-17/h3-8,11H,2,9H2,1H3,(H,18,19)(H,20,21). The number of hydrogen-bond donors (Lipinski definition) is 2. The van der Waals surface area contributed by atoms with Gasteiger partial charge in [-0.05, 0) is 36.8 Å². The van der Waals surface area contributed by atoms with Gasteiger partial charge in [-0.2, -0.15) is 5.26 Å². The fourth-order valence-electron chi connectivity index (χ4n) is 1.81. The first kappa shape index (κ1) is 14.5. The number of pyridine rings is 1. The predicted octanol–water partition coefficient (Wildman–Crippen LogP) is 2.83. The van der Waals surface area contributed by atoms with Crippen LogP contribution in [0.1, 0.15) is 22.8 Å². The molecule has 21 heavy (non-hydrogen) atoms. The summed E-state index contributed by atoms with van der Waals surface area (Å²) in [6.07, 6.45) is 1.90. The first-order chi connectivity index (χ1) is 10.2. The molecule has 0 bridgehead atoms. The van der Waals surface area contributed by atoms with Crippen molar-refractivity contribution in [3.63, 3.8) is 0 Å². The van der Waals surface area contributed by atoms with E-state index < -0.39 is 0 Å². The van der Waals surface area contributed by atoms with E-state index in [-0.39, 0.29) is 5.91 Å². The van der Waals surface area contributed by atoms with Crippen molar-refractivity contribution in [3.05, 3.63) is 53.7 Å². The lowest BCUT2D eigenvalue weighted by molar-refractivity contribution is 0.102. The summed E-state index contributed by atoms with van der Waals surface area (Å²) in [6.45, 7) is 2.77. The number of amides is 1. The molecule has 1 amide bonds. The number of benzene rings is 1. The van der Waals surface area contributed by atoms with Crippen molar-refractivity contribution in [1.29, 1.82) is 5.26 Å². The minimum atomic E-state index is -0.210. The molecule has 5 nitrogen and oxygen atoms in total. The van der Waals surface area contributed by atoms with Crippen LogP contribution in [0.15, 0.2) is 42.6 Å². The quantitative estimate of drug-likeness (QED) is 0.882. The van der Waals surface area contributed by atoms with Gasteiger partial charge in [0.2, 0.25) is 0 Å². The monoisotopic (exact) mass is 280 g/mol. The minimum Gasteiger partial charge on any atom is -0.370 e. The molecule has 0 unspecified atom stereocenters. The maximum atomic E-state index is 12.1. The molecular weight excluding hydrogens is 264 g/mol. The third kappa shape index (κ3) is 4.05. The molecule has 0 saturated heterocycles. The summed E-state index contributed by atoms with van der Waals surface area (Å²) in [5.74, 6) is 0.536. The Hall–Kier alpha value is -2.87. The van der Waals surface area contributed by atoms with Crippen molar-refractivity contribution in [2.24, 2.45) is 0 Å². The van der Waals surface area contributed by atoms with Gasteiger partial charge in [-0.3, -0.25) is 4.79 Å². The Morgan fingerprint density at radius 1 is 1.24 bits per heavy atom. The lowest BCUT2D eigenvalue weighted by Gasteiger charge is -2.07. The SMILES string of the molecule is CCNc1ccc(C(=O)Nc2ccc(CC#N)cc2)cn1.